The first-order chi connectivity index (χ1) is 6.03. The number of anilines is 1. The summed E-state index contributed by atoms with van der Waals surface area (Å²) in [7, 11) is 0. The number of nitrogens with zero attached hydrogens (tertiary/aromatic N) is 1. The first kappa shape index (κ1) is 10.6. The highest BCUT2D eigenvalue weighted by atomic mass is 35.5. The molecule has 1 aromatic heterocycles. The van der Waals surface area contributed by atoms with E-state index in [2.05, 4.69) is 10.3 Å². The molecule has 0 unspecified atom stereocenters. The van der Waals surface area contributed by atoms with E-state index in [0.29, 0.717) is 10.9 Å². The molecular formula is C9H12Cl2N2. The number of aromatic nitrogens is 1. The summed E-state index contributed by atoms with van der Waals surface area (Å²) in [4.78, 5) is 4.11. The minimum atomic E-state index is -0.150. The third kappa shape index (κ3) is 3.41. The molecule has 0 saturated heterocycles. The summed E-state index contributed by atoms with van der Waals surface area (Å²) in [5, 5.41) is 3.83. The van der Waals surface area contributed by atoms with Gasteiger partial charge in [-0.05, 0) is 26.0 Å². The normalized spacial score (nSPS) is 11.4. The summed E-state index contributed by atoms with van der Waals surface area (Å²) in [6, 6.07) is 3.62. The molecule has 1 aromatic rings. The first-order valence-electron chi connectivity index (χ1n) is 3.99. The number of halogens is 2. The smallest absolute Gasteiger partial charge is 0.126 e. The number of hydrogen-bond donors (Lipinski definition) is 1. The van der Waals surface area contributed by atoms with Gasteiger partial charge < -0.3 is 5.32 Å². The second-order valence-electron chi connectivity index (χ2n) is 3.50. The second-order valence-corrected chi connectivity index (χ2v) is 4.21. The van der Waals surface area contributed by atoms with Gasteiger partial charge in [0, 0.05) is 17.6 Å². The molecule has 13 heavy (non-hydrogen) atoms. The molecular weight excluding hydrogens is 207 g/mol. The highest BCUT2D eigenvalue weighted by Crippen LogP contribution is 2.15. The van der Waals surface area contributed by atoms with Crippen LogP contribution >= 0.6 is 23.2 Å². The summed E-state index contributed by atoms with van der Waals surface area (Å²) in [6.45, 7) is 4.02. The zero-order valence-electron chi connectivity index (χ0n) is 7.64. The number of rotatable bonds is 3. The Labute approximate surface area is 88.3 Å². The van der Waals surface area contributed by atoms with E-state index in [1.54, 1.807) is 12.3 Å². The minimum absolute atomic E-state index is 0.150. The summed E-state index contributed by atoms with van der Waals surface area (Å²) in [5.41, 5.74) is -0.150. The van der Waals surface area contributed by atoms with Crippen LogP contribution in [0.2, 0.25) is 5.02 Å². The average Bonchev–Trinajstić information content (AvgIpc) is 2.09. The largest absolute Gasteiger partial charge is 0.364 e. The van der Waals surface area contributed by atoms with E-state index in [1.165, 1.54) is 0 Å². The molecule has 2 nitrogen and oxygen atoms in total. The molecule has 0 aliphatic carbocycles. The maximum Gasteiger partial charge on any atom is 0.126 e. The van der Waals surface area contributed by atoms with Gasteiger partial charge in [0.2, 0.25) is 0 Å². The fourth-order valence-corrected chi connectivity index (χ4v) is 1.01. The fourth-order valence-electron chi connectivity index (χ4n) is 0.830. The van der Waals surface area contributed by atoms with Crippen LogP contribution in [0.15, 0.2) is 18.3 Å². The van der Waals surface area contributed by atoms with Crippen LogP contribution in [-0.2, 0) is 0 Å². The van der Waals surface area contributed by atoms with Crippen LogP contribution < -0.4 is 5.32 Å². The van der Waals surface area contributed by atoms with Crippen molar-refractivity contribution in [3.8, 4) is 0 Å². The molecule has 0 saturated carbocycles. The lowest BCUT2D eigenvalue weighted by atomic mass is 10.1. The van der Waals surface area contributed by atoms with Crippen molar-refractivity contribution < 1.29 is 0 Å². The lowest BCUT2D eigenvalue weighted by molar-refractivity contribution is 0.638. The standard InChI is InChI=1S/C9H12Cl2N2/c1-9(2,6-10)13-8-4-3-7(11)5-12-8/h3-5H,6H2,1-2H3,(H,12,13). The third-order valence-corrected chi connectivity index (χ3v) is 2.42. The lowest BCUT2D eigenvalue weighted by Crippen LogP contribution is -2.33. The zero-order chi connectivity index (χ0) is 9.90. The Bertz CT molecular complexity index is 269. The SMILES string of the molecule is CC(C)(CCl)Nc1ccc(Cl)cn1. The van der Waals surface area contributed by atoms with Crippen LogP contribution in [0, 0.1) is 0 Å². The molecule has 0 aromatic carbocycles. The fraction of sp³-hybridized carbons (Fsp3) is 0.444. The molecule has 0 aliphatic rings. The predicted octanol–water partition coefficient (Wildman–Crippen LogP) is 3.16. The Morgan fingerprint density at radius 1 is 1.46 bits per heavy atom. The van der Waals surface area contributed by atoms with Gasteiger partial charge in [0.1, 0.15) is 5.82 Å². The van der Waals surface area contributed by atoms with Crippen molar-refractivity contribution in [2.24, 2.45) is 0 Å². The van der Waals surface area contributed by atoms with Crippen molar-refractivity contribution in [3.63, 3.8) is 0 Å². The monoisotopic (exact) mass is 218 g/mol. The maximum absolute atomic E-state index is 5.76. The van der Waals surface area contributed by atoms with E-state index in [0.717, 1.165) is 5.82 Å². The summed E-state index contributed by atoms with van der Waals surface area (Å²) in [6.07, 6.45) is 1.61. The second kappa shape index (κ2) is 4.16. The molecule has 0 aliphatic heterocycles. The van der Waals surface area contributed by atoms with Crippen LogP contribution in [0.25, 0.3) is 0 Å². The number of nitrogens with one attached hydrogen (secondary N) is 1. The third-order valence-electron chi connectivity index (χ3n) is 1.53. The molecule has 0 radical (unpaired) electrons. The lowest BCUT2D eigenvalue weighted by Gasteiger charge is -2.23. The minimum Gasteiger partial charge on any atom is -0.364 e. The number of pyridine rings is 1. The van der Waals surface area contributed by atoms with E-state index < -0.39 is 0 Å². The van der Waals surface area contributed by atoms with Crippen molar-refractivity contribution >= 4 is 29.0 Å². The van der Waals surface area contributed by atoms with Crippen molar-refractivity contribution in [2.45, 2.75) is 19.4 Å². The Morgan fingerprint density at radius 3 is 2.62 bits per heavy atom. The van der Waals surface area contributed by atoms with Crippen molar-refractivity contribution in [1.29, 1.82) is 0 Å². The summed E-state index contributed by atoms with van der Waals surface area (Å²) >= 11 is 11.5. The summed E-state index contributed by atoms with van der Waals surface area (Å²) in [5.74, 6) is 1.31. The molecule has 0 atom stereocenters. The van der Waals surface area contributed by atoms with Gasteiger partial charge in [0.15, 0.2) is 0 Å². The Balaban J connectivity index is 2.69. The van der Waals surface area contributed by atoms with E-state index in [9.17, 15) is 0 Å². The zero-order valence-corrected chi connectivity index (χ0v) is 9.15. The van der Waals surface area contributed by atoms with Crippen LogP contribution in [0.1, 0.15) is 13.8 Å². The van der Waals surface area contributed by atoms with Gasteiger partial charge in [-0.3, -0.25) is 0 Å². The Kier molecular flexibility index (Phi) is 3.40. The van der Waals surface area contributed by atoms with Crippen molar-refractivity contribution in [1.82, 2.24) is 4.98 Å². The topological polar surface area (TPSA) is 24.9 Å². The molecule has 0 fully saturated rings. The van der Waals surface area contributed by atoms with Gasteiger partial charge in [-0.1, -0.05) is 11.6 Å². The average molecular weight is 219 g/mol. The van der Waals surface area contributed by atoms with Gasteiger partial charge in [-0.15, -0.1) is 11.6 Å². The Morgan fingerprint density at radius 2 is 2.15 bits per heavy atom. The molecule has 4 heteroatoms. The molecule has 1 heterocycles. The highest BCUT2D eigenvalue weighted by molar-refractivity contribution is 6.30. The van der Waals surface area contributed by atoms with Crippen molar-refractivity contribution in [2.75, 3.05) is 11.2 Å². The predicted molar refractivity (Wildman–Crippen MR) is 57.7 cm³/mol. The van der Waals surface area contributed by atoms with Crippen LogP contribution in [0.4, 0.5) is 5.82 Å². The van der Waals surface area contributed by atoms with Gasteiger partial charge >= 0.3 is 0 Å². The molecule has 0 spiro atoms. The van der Waals surface area contributed by atoms with Crippen LogP contribution in [0.3, 0.4) is 0 Å². The van der Waals surface area contributed by atoms with E-state index >= 15 is 0 Å². The quantitative estimate of drug-likeness (QED) is 0.789. The summed E-state index contributed by atoms with van der Waals surface area (Å²) < 4.78 is 0. The van der Waals surface area contributed by atoms with E-state index in [1.807, 2.05) is 19.9 Å². The molecule has 72 valence electrons. The first-order valence-corrected chi connectivity index (χ1v) is 4.90. The maximum atomic E-state index is 5.76. The number of alkyl halides is 1. The van der Waals surface area contributed by atoms with Gasteiger partial charge in [-0.25, -0.2) is 4.98 Å². The number of hydrogen-bond acceptors (Lipinski definition) is 2. The van der Waals surface area contributed by atoms with Gasteiger partial charge in [0.05, 0.1) is 5.02 Å². The van der Waals surface area contributed by atoms with Gasteiger partial charge in [0.25, 0.3) is 0 Å². The van der Waals surface area contributed by atoms with Crippen LogP contribution in [0.5, 0.6) is 0 Å². The van der Waals surface area contributed by atoms with Crippen LogP contribution in [-0.4, -0.2) is 16.4 Å². The van der Waals surface area contributed by atoms with E-state index in [4.69, 9.17) is 23.2 Å². The molecule has 0 bridgehead atoms. The highest BCUT2D eigenvalue weighted by Gasteiger charge is 2.15. The van der Waals surface area contributed by atoms with E-state index in [-0.39, 0.29) is 5.54 Å². The van der Waals surface area contributed by atoms with Crippen molar-refractivity contribution in [3.05, 3.63) is 23.4 Å². The van der Waals surface area contributed by atoms with Gasteiger partial charge in [-0.2, -0.15) is 0 Å². The molecule has 1 rings (SSSR count). The Hall–Kier alpha value is -0.470. The molecule has 0 amide bonds. The molecule has 1 N–H and O–H groups in total.